The molecular weight excluding hydrogens is 248 g/mol. The van der Waals surface area contributed by atoms with E-state index in [9.17, 15) is 5.11 Å². The van der Waals surface area contributed by atoms with E-state index in [1.165, 1.54) is 32.4 Å². The third-order valence-corrected chi connectivity index (χ3v) is 6.12. The summed E-state index contributed by atoms with van der Waals surface area (Å²) in [4.78, 5) is 5.08. The lowest BCUT2D eigenvalue weighted by atomic mass is 9.67. The standard InChI is InChI=1S/C17H34N2O/c1-5-17(3,4)14-7-8-16(20)15(13-14)19-11-9-18(6-2)10-12-19/h14-16,20H,5-13H2,1-4H3. The van der Waals surface area contributed by atoms with Gasteiger partial charge in [-0.25, -0.2) is 0 Å². The zero-order valence-corrected chi connectivity index (χ0v) is 13.9. The fourth-order valence-corrected chi connectivity index (χ4v) is 3.93. The van der Waals surface area contributed by atoms with Crippen LogP contribution in [0.2, 0.25) is 0 Å². The molecule has 0 spiro atoms. The molecule has 0 aromatic carbocycles. The summed E-state index contributed by atoms with van der Waals surface area (Å²) in [6, 6.07) is 0.401. The van der Waals surface area contributed by atoms with Crippen LogP contribution in [0.15, 0.2) is 0 Å². The maximum absolute atomic E-state index is 10.4. The first-order valence-corrected chi connectivity index (χ1v) is 8.62. The molecule has 2 rings (SSSR count). The normalized spacial score (nSPS) is 34.4. The average molecular weight is 282 g/mol. The minimum Gasteiger partial charge on any atom is -0.391 e. The minimum atomic E-state index is -0.105. The zero-order valence-electron chi connectivity index (χ0n) is 13.9. The van der Waals surface area contributed by atoms with E-state index in [2.05, 4.69) is 37.5 Å². The van der Waals surface area contributed by atoms with Gasteiger partial charge in [0.05, 0.1) is 6.10 Å². The summed E-state index contributed by atoms with van der Waals surface area (Å²) < 4.78 is 0. The molecule has 118 valence electrons. The van der Waals surface area contributed by atoms with E-state index in [4.69, 9.17) is 0 Å². The highest BCUT2D eigenvalue weighted by Gasteiger charge is 2.39. The number of nitrogens with zero attached hydrogens (tertiary/aromatic N) is 2. The van der Waals surface area contributed by atoms with Crippen LogP contribution in [-0.2, 0) is 0 Å². The van der Waals surface area contributed by atoms with Crippen molar-refractivity contribution in [3.8, 4) is 0 Å². The second kappa shape index (κ2) is 6.76. The van der Waals surface area contributed by atoms with Gasteiger partial charge in [0.15, 0.2) is 0 Å². The molecule has 0 amide bonds. The lowest BCUT2D eigenvalue weighted by molar-refractivity contribution is -0.0355. The molecule has 3 heteroatoms. The molecule has 1 saturated heterocycles. The molecule has 3 unspecified atom stereocenters. The first-order chi connectivity index (χ1) is 9.47. The van der Waals surface area contributed by atoms with Gasteiger partial charge in [0.25, 0.3) is 0 Å². The van der Waals surface area contributed by atoms with Crippen molar-refractivity contribution in [3.05, 3.63) is 0 Å². The van der Waals surface area contributed by atoms with E-state index in [-0.39, 0.29) is 6.10 Å². The fraction of sp³-hybridized carbons (Fsp3) is 1.00. The summed E-state index contributed by atoms with van der Waals surface area (Å²) in [7, 11) is 0. The van der Waals surface area contributed by atoms with Crippen LogP contribution in [0, 0.1) is 11.3 Å². The molecule has 1 aliphatic carbocycles. The van der Waals surface area contributed by atoms with E-state index in [1.807, 2.05) is 0 Å². The highest BCUT2D eigenvalue weighted by Crippen LogP contribution is 2.41. The van der Waals surface area contributed by atoms with Crippen LogP contribution in [0.4, 0.5) is 0 Å². The molecule has 20 heavy (non-hydrogen) atoms. The molecule has 1 heterocycles. The number of piperazine rings is 1. The van der Waals surface area contributed by atoms with Crippen molar-refractivity contribution in [2.75, 3.05) is 32.7 Å². The van der Waals surface area contributed by atoms with Crippen LogP contribution >= 0.6 is 0 Å². The molecule has 1 aliphatic heterocycles. The van der Waals surface area contributed by atoms with Gasteiger partial charge in [-0.15, -0.1) is 0 Å². The van der Waals surface area contributed by atoms with Gasteiger partial charge in [-0.3, -0.25) is 4.90 Å². The maximum Gasteiger partial charge on any atom is 0.0695 e. The Bertz CT molecular complexity index is 297. The summed E-state index contributed by atoms with van der Waals surface area (Å²) in [6.45, 7) is 15.1. The summed E-state index contributed by atoms with van der Waals surface area (Å²) in [5.74, 6) is 0.769. The number of likely N-dealkylation sites (N-methyl/N-ethyl adjacent to an activating group) is 1. The minimum absolute atomic E-state index is 0.105. The lowest BCUT2D eigenvalue weighted by Gasteiger charge is -2.47. The predicted octanol–water partition coefficient (Wildman–Crippen LogP) is 2.59. The van der Waals surface area contributed by atoms with Crippen LogP contribution < -0.4 is 0 Å². The van der Waals surface area contributed by atoms with Crippen molar-refractivity contribution in [3.63, 3.8) is 0 Å². The Morgan fingerprint density at radius 3 is 2.25 bits per heavy atom. The Morgan fingerprint density at radius 2 is 1.70 bits per heavy atom. The van der Waals surface area contributed by atoms with Gasteiger partial charge < -0.3 is 10.0 Å². The van der Waals surface area contributed by atoms with Gasteiger partial charge >= 0.3 is 0 Å². The van der Waals surface area contributed by atoms with Crippen LogP contribution in [-0.4, -0.2) is 59.8 Å². The van der Waals surface area contributed by atoms with E-state index in [0.29, 0.717) is 11.5 Å². The van der Waals surface area contributed by atoms with Crippen molar-refractivity contribution in [1.29, 1.82) is 0 Å². The van der Waals surface area contributed by atoms with Gasteiger partial charge in [0.1, 0.15) is 0 Å². The quantitative estimate of drug-likeness (QED) is 0.858. The molecule has 0 aromatic rings. The smallest absolute Gasteiger partial charge is 0.0695 e. The van der Waals surface area contributed by atoms with Crippen molar-refractivity contribution >= 4 is 0 Å². The van der Waals surface area contributed by atoms with Crippen LogP contribution in [0.3, 0.4) is 0 Å². The van der Waals surface area contributed by atoms with Gasteiger partial charge in [-0.1, -0.05) is 34.1 Å². The molecule has 2 fully saturated rings. The van der Waals surface area contributed by atoms with Gasteiger partial charge in [-0.05, 0) is 37.1 Å². The number of rotatable bonds is 4. The molecule has 3 nitrogen and oxygen atoms in total. The highest BCUT2D eigenvalue weighted by molar-refractivity contribution is 4.92. The van der Waals surface area contributed by atoms with Gasteiger partial charge in [0.2, 0.25) is 0 Å². The topological polar surface area (TPSA) is 26.7 Å². The van der Waals surface area contributed by atoms with E-state index in [0.717, 1.165) is 32.0 Å². The number of hydrogen-bond acceptors (Lipinski definition) is 3. The number of aliphatic hydroxyl groups is 1. The summed E-state index contributed by atoms with van der Waals surface area (Å²) in [6.07, 6.45) is 4.52. The molecule has 3 atom stereocenters. The molecule has 0 radical (unpaired) electrons. The Kier molecular flexibility index (Phi) is 5.49. The third-order valence-electron chi connectivity index (χ3n) is 6.12. The van der Waals surface area contributed by atoms with E-state index < -0.39 is 0 Å². The van der Waals surface area contributed by atoms with Gasteiger partial charge in [-0.2, -0.15) is 0 Å². The maximum atomic E-state index is 10.4. The molecular formula is C17H34N2O. The summed E-state index contributed by atoms with van der Waals surface area (Å²) >= 11 is 0. The van der Waals surface area contributed by atoms with Crippen molar-refractivity contribution in [2.45, 2.75) is 65.5 Å². The molecule has 2 aliphatic rings. The summed E-state index contributed by atoms with van der Waals surface area (Å²) in [5.41, 5.74) is 0.420. The Labute approximate surface area is 125 Å². The number of aliphatic hydroxyl groups excluding tert-OH is 1. The van der Waals surface area contributed by atoms with E-state index >= 15 is 0 Å². The fourth-order valence-electron chi connectivity index (χ4n) is 3.93. The van der Waals surface area contributed by atoms with Crippen molar-refractivity contribution in [2.24, 2.45) is 11.3 Å². The highest BCUT2D eigenvalue weighted by atomic mass is 16.3. The zero-order chi connectivity index (χ0) is 14.8. The largest absolute Gasteiger partial charge is 0.391 e. The second-order valence-electron chi connectivity index (χ2n) is 7.46. The van der Waals surface area contributed by atoms with E-state index in [1.54, 1.807) is 0 Å². The first-order valence-electron chi connectivity index (χ1n) is 8.62. The molecule has 0 aromatic heterocycles. The van der Waals surface area contributed by atoms with Crippen molar-refractivity contribution in [1.82, 2.24) is 9.80 Å². The average Bonchev–Trinajstić information content (AvgIpc) is 2.47. The SMILES string of the molecule is CCN1CCN(C2CC(C(C)(C)CC)CCC2O)CC1. The van der Waals surface area contributed by atoms with Crippen LogP contribution in [0.5, 0.6) is 0 Å². The third kappa shape index (κ3) is 3.55. The predicted molar refractivity (Wildman–Crippen MR) is 84.9 cm³/mol. The first kappa shape index (κ1) is 16.3. The van der Waals surface area contributed by atoms with Crippen LogP contribution in [0.25, 0.3) is 0 Å². The van der Waals surface area contributed by atoms with Gasteiger partial charge in [0, 0.05) is 32.2 Å². The monoisotopic (exact) mass is 282 g/mol. The number of hydrogen-bond donors (Lipinski definition) is 1. The Hall–Kier alpha value is -0.120. The molecule has 1 saturated carbocycles. The molecule has 1 N–H and O–H groups in total. The van der Waals surface area contributed by atoms with Crippen LogP contribution in [0.1, 0.15) is 53.4 Å². The lowest BCUT2D eigenvalue weighted by Crippen LogP contribution is -2.56. The van der Waals surface area contributed by atoms with Crippen molar-refractivity contribution < 1.29 is 5.11 Å². The summed E-state index contributed by atoms with van der Waals surface area (Å²) in [5, 5.41) is 10.4. The Morgan fingerprint density at radius 1 is 1.05 bits per heavy atom. The Balaban J connectivity index is 1.96. The molecule has 0 bridgehead atoms. The second-order valence-corrected chi connectivity index (χ2v) is 7.46.